The number of nitrogens with zero attached hydrogens (tertiary/aromatic N) is 5. The average Bonchev–Trinajstić information content (AvgIpc) is 3.51. The molecular weight excluding hydrogens is 734 g/mol. The molecule has 3 atom stereocenters. The van der Waals surface area contributed by atoms with Gasteiger partial charge < -0.3 is 25.5 Å². The Kier molecular flexibility index (Phi) is 7.85. The molecule has 5 aromatic rings. The van der Waals surface area contributed by atoms with Gasteiger partial charge in [-0.25, -0.2) is 18.2 Å². The van der Waals surface area contributed by atoms with Crippen molar-refractivity contribution in [2.24, 2.45) is 11.7 Å². The van der Waals surface area contributed by atoms with E-state index in [0.29, 0.717) is 10.7 Å². The lowest BCUT2D eigenvalue weighted by Crippen LogP contribution is -2.60. The Hall–Kier alpha value is -5.59. The Morgan fingerprint density at radius 2 is 1.78 bits per heavy atom. The van der Waals surface area contributed by atoms with E-state index in [1.807, 2.05) is 0 Å². The number of aromatic nitrogens is 4. The second kappa shape index (κ2) is 12.0. The predicted octanol–water partition coefficient (Wildman–Crippen LogP) is 5.50. The zero-order valence-electron chi connectivity index (χ0n) is 27.8. The van der Waals surface area contributed by atoms with E-state index < -0.39 is 100 Å². The number of hydrogen-bond acceptors (Lipinski definition) is 8. The van der Waals surface area contributed by atoms with Crippen molar-refractivity contribution in [1.29, 1.82) is 0 Å². The van der Waals surface area contributed by atoms with E-state index in [2.05, 4.69) is 20.4 Å². The smallest absolute Gasteiger partial charge is 0.404 e. The first-order chi connectivity index (χ1) is 25.3. The summed E-state index contributed by atoms with van der Waals surface area (Å²) >= 11 is 0. The molecule has 282 valence electrons. The molecule has 2 aromatic carbocycles. The molecule has 8 rings (SSSR count). The van der Waals surface area contributed by atoms with Crippen molar-refractivity contribution in [1.82, 2.24) is 25.1 Å². The Morgan fingerprint density at radius 1 is 1.07 bits per heavy atom. The highest BCUT2D eigenvalue weighted by molar-refractivity contribution is 5.95. The van der Waals surface area contributed by atoms with Crippen LogP contribution in [0, 0.1) is 23.4 Å². The summed E-state index contributed by atoms with van der Waals surface area (Å²) in [7, 11) is 0. The number of oxazole rings is 1. The third-order valence-corrected chi connectivity index (χ3v) is 9.80. The molecule has 3 aromatic heterocycles. The fourth-order valence-corrected chi connectivity index (χ4v) is 7.44. The summed E-state index contributed by atoms with van der Waals surface area (Å²) in [4.78, 5) is 36.4. The van der Waals surface area contributed by atoms with Crippen LogP contribution in [0.15, 0.2) is 46.9 Å². The van der Waals surface area contributed by atoms with Crippen molar-refractivity contribution in [3.63, 3.8) is 0 Å². The number of halogens is 8. The summed E-state index contributed by atoms with van der Waals surface area (Å²) < 4.78 is 122. The Balaban J connectivity index is 1.24. The first kappa shape index (κ1) is 35.4. The van der Waals surface area contributed by atoms with Gasteiger partial charge in [-0.1, -0.05) is 6.07 Å². The molecule has 11 nitrogen and oxygen atoms in total. The number of anilines is 1. The van der Waals surface area contributed by atoms with Crippen LogP contribution >= 0.6 is 0 Å². The molecule has 0 bridgehead atoms. The molecule has 4 heterocycles. The average molecular weight is 762 g/mol. The number of β-amino-alcohol motifs (C(OH)–C–C–N with tert-alkyl or cyclic N) is 1. The lowest BCUT2D eigenvalue weighted by Gasteiger charge is -2.42. The molecule has 0 spiro atoms. The normalized spacial score (nSPS) is 20.0. The third-order valence-electron chi connectivity index (χ3n) is 9.80. The number of rotatable bonds is 9. The highest BCUT2D eigenvalue weighted by Crippen LogP contribution is 2.68. The van der Waals surface area contributed by atoms with Crippen LogP contribution in [0.5, 0.6) is 0 Å². The third kappa shape index (κ3) is 6.08. The molecule has 1 saturated carbocycles. The molecule has 1 saturated heterocycles. The topological polar surface area (TPSA) is 152 Å². The maximum atomic E-state index is 15.3. The zero-order chi connectivity index (χ0) is 38.6. The minimum absolute atomic E-state index is 0.0328. The van der Waals surface area contributed by atoms with Gasteiger partial charge in [0.05, 0.1) is 36.0 Å². The van der Waals surface area contributed by atoms with E-state index in [1.54, 1.807) is 11.8 Å². The van der Waals surface area contributed by atoms with Crippen LogP contribution in [0.3, 0.4) is 0 Å². The van der Waals surface area contributed by atoms with Crippen molar-refractivity contribution in [2.75, 3.05) is 18.0 Å². The molecule has 0 unspecified atom stereocenters. The van der Waals surface area contributed by atoms with Gasteiger partial charge in [-0.15, -0.1) is 0 Å². The van der Waals surface area contributed by atoms with Gasteiger partial charge in [-0.2, -0.15) is 32.0 Å². The van der Waals surface area contributed by atoms with E-state index in [0.717, 1.165) is 24.3 Å². The summed E-state index contributed by atoms with van der Waals surface area (Å²) in [6.45, 7) is 0.788. The summed E-state index contributed by atoms with van der Waals surface area (Å²) in [5, 5.41) is 16.2. The van der Waals surface area contributed by atoms with Crippen molar-refractivity contribution in [3.05, 3.63) is 93.7 Å². The number of primary amides is 1. The van der Waals surface area contributed by atoms with Crippen LogP contribution in [0.4, 0.5) is 41.1 Å². The lowest BCUT2D eigenvalue weighted by molar-refractivity contribution is -0.142. The number of carbonyl (C=O) groups excluding carboxylic acids is 2. The van der Waals surface area contributed by atoms with E-state index in [4.69, 9.17) is 10.2 Å². The van der Waals surface area contributed by atoms with Gasteiger partial charge in [0.1, 0.15) is 35.2 Å². The van der Waals surface area contributed by atoms with Crippen LogP contribution in [0.1, 0.15) is 63.9 Å². The first-order valence-corrected chi connectivity index (χ1v) is 16.5. The van der Waals surface area contributed by atoms with E-state index in [1.165, 1.54) is 12.1 Å². The second-order valence-corrected chi connectivity index (χ2v) is 14.1. The highest BCUT2D eigenvalue weighted by atomic mass is 19.4. The lowest BCUT2D eigenvalue weighted by atomic mass is 9.94. The number of alkyl halides is 5. The molecule has 54 heavy (non-hydrogen) atoms. The maximum Gasteiger partial charge on any atom is 0.435 e. The number of carbonyl (C=O) groups is 2. The summed E-state index contributed by atoms with van der Waals surface area (Å²) in [5.74, 6) is -11.3. The minimum atomic E-state index is -5.09. The van der Waals surface area contributed by atoms with Gasteiger partial charge in [0.25, 0.3) is 17.8 Å². The SMILES string of the molecule is CC1(O)CN(c2nc3cc(-c4ccc(F)c(C(N)=O)c4)c([C@H](Cc4cc(F)cc(F)c4)NC(=O)Cn4nc(C(F)(F)F)c5c4C(F)(F)[C@@H]4C[C@H]54)nc3o2)C1. The molecule has 2 amide bonds. The molecule has 1 aliphatic heterocycles. The van der Waals surface area contributed by atoms with Gasteiger partial charge in [-0.05, 0) is 67.1 Å². The van der Waals surface area contributed by atoms with E-state index >= 15 is 8.78 Å². The molecule has 19 heteroatoms. The predicted molar refractivity (Wildman–Crippen MR) is 171 cm³/mol. The first-order valence-electron chi connectivity index (χ1n) is 16.5. The van der Waals surface area contributed by atoms with Crippen molar-refractivity contribution < 1.29 is 54.2 Å². The van der Waals surface area contributed by atoms with E-state index in [9.17, 15) is 41.0 Å². The van der Waals surface area contributed by atoms with Gasteiger partial charge in [0.2, 0.25) is 11.6 Å². The van der Waals surface area contributed by atoms with Crippen LogP contribution in [0.25, 0.3) is 22.4 Å². The molecule has 2 fully saturated rings. The zero-order valence-corrected chi connectivity index (χ0v) is 27.8. The summed E-state index contributed by atoms with van der Waals surface area (Å²) in [6, 6.07) is 5.82. The number of amides is 2. The highest BCUT2D eigenvalue weighted by Gasteiger charge is 2.68. The number of pyridine rings is 1. The van der Waals surface area contributed by atoms with Crippen molar-refractivity contribution in [3.8, 4) is 11.1 Å². The maximum absolute atomic E-state index is 15.3. The van der Waals surface area contributed by atoms with Gasteiger partial charge >= 0.3 is 6.18 Å². The van der Waals surface area contributed by atoms with Crippen LogP contribution < -0.4 is 16.0 Å². The van der Waals surface area contributed by atoms with Gasteiger partial charge in [0.15, 0.2) is 5.69 Å². The quantitative estimate of drug-likeness (QED) is 0.167. The van der Waals surface area contributed by atoms with Crippen LogP contribution in [-0.4, -0.2) is 55.4 Å². The van der Waals surface area contributed by atoms with E-state index in [-0.39, 0.29) is 59.1 Å². The minimum Gasteiger partial charge on any atom is -0.404 e. The Bertz CT molecular complexity index is 2360. The number of aliphatic hydroxyl groups is 1. The number of hydrogen-bond donors (Lipinski definition) is 3. The summed E-state index contributed by atoms with van der Waals surface area (Å²) in [5.41, 5.74) is 0.680. The number of nitrogens with one attached hydrogen (secondary N) is 1. The van der Waals surface area contributed by atoms with Crippen molar-refractivity contribution in [2.45, 2.75) is 56.0 Å². The standard InChI is InChI=1S/C35H27F8N7O4/c1-33(53)12-49(13-33)32-46-24-10-18(15-2-3-22(38)20(7-15)30(44)52)27(47-31(24)54-32)23(6-14-4-16(36)8-17(37)5-14)45-25(51)11-50-29-26(28(48-50)35(41,42)43)19-9-21(19)34(29,39)40/h2-5,7-8,10,19,21,23,53H,6,9,11-13H2,1H3,(H2,44,52)(H,45,51)/t19-,21+,23-/m0/s1. The van der Waals surface area contributed by atoms with Crippen LogP contribution in [0.2, 0.25) is 0 Å². The Labute approximate surface area is 298 Å². The fraction of sp³-hybridized carbons (Fsp3) is 0.343. The summed E-state index contributed by atoms with van der Waals surface area (Å²) in [6.07, 6.45) is -5.68. The number of benzene rings is 2. The van der Waals surface area contributed by atoms with Gasteiger partial charge in [-0.3, -0.25) is 14.3 Å². The fourth-order valence-electron chi connectivity index (χ4n) is 7.44. The molecule has 4 N–H and O–H groups in total. The monoisotopic (exact) mass is 761 g/mol. The number of nitrogens with two attached hydrogens (primary N) is 1. The number of fused-ring (bicyclic) bond motifs is 4. The van der Waals surface area contributed by atoms with Crippen molar-refractivity contribution >= 4 is 29.1 Å². The molecule has 0 radical (unpaired) electrons. The molecular formula is C35H27F8N7O4. The second-order valence-electron chi connectivity index (χ2n) is 14.1. The largest absolute Gasteiger partial charge is 0.435 e. The Morgan fingerprint density at radius 3 is 2.43 bits per heavy atom. The molecule has 2 aliphatic carbocycles. The van der Waals surface area contributed by atoms with Gasteiger partial charge in [0, 0.05) is 23.1 Å². The van der Waals surface area contributed by atoms with Crippen LogP contribution in [-0.2, 0) is 29.9 Å². The molecule has 3 aliphatic rings.